The Morgan fingerprint density at radius 2 is 2.00 bits per heavy atom. The molecule has 3 rings (SSSR count). The average molecular weight is 385 g/mol. The largest absolute Gasteiger partial charge is 0.478 e. The zero-order chi connectivity index (χ0) is 19.7. The highest BCUT2D eigenvalue weighted by molar-refractivity contribution is 7.17. The molecule has 0 unspecified atom stereocenters. The molecule has 27 heavy (non-hydrogen) atoms. The number of carbonyl (C=O) groups excluding carboxylic acids is 1. The molecule has 8 heteroatoms. The number of hydrogen-bond donors (Lipinski definition) is 2. The van der Waals surface area contributed by atoms with Gasteiger partial charge in [0.25, 0.3) is 5.56 Å². The lowest BCUT2D eigenvalue weighted by molar-refractivity contribution is -0.116. The Morgan fingerprint density at radius 3 is 2.63 bits per heavy atom. The predicted octanol–water partition coefficient (Wildman–Crippen LogP) is 3.23. The van der Waals surface area contributed by atoms with Gasteiger partial charge in [-0.3, -0.25) is 14.2 Å². The quantitative estimate of drug-likeness (QED) is 0.702. The van der Waals surface area contributed by atoms with Crippen molar-refractivity contribution >= 4 is 39.1 Å². The van der Waals surface area contributed by atoms with E-state index in [1.54, 1.807) is 6.07 Å². The fraction of sp³-hybridized carbons (Fsp3) is 0.263. The Kier molecular flexibility index (Phi) is 5.09. The van der Waals surface area contributed by atoms with Gasteiger partial charge < -0.3 is 10.4 Å². The number of para-hydroxylation sites is 1. The van der Waals surface area contributed by atoms with Crippen molar-refractivity contribution in [1.82, 2.24) is 9.55 Å². The number of rotatable bonds is 5. The normalized spacial score (nSPS) is 11.1. The van der Waals surface area contributed by atoms with Gasteiger partial charge in [0.1, 0.15) is 17.2 Å². The Morgan fingerprint density at radius 1 is 1.30 bits per heavy atom. The van der Waals surface area contributed by atoms with Gasteiger partial charge in [-0.2, -0.15) is 0 Å². The van der Waals surface area contributed by atoms with Crippen LogP contribution in [0.5, 0.6) is 0 Å². The first kappa shape index (κ1) is 18.8. The van der Waals surface area contributed by atoms with Crippen LogP contribution in [0, 0.1) is 6.92 Å². The van der Waals surface area contributed by atoms with E-state index in [4.69, 9.17) is 0 Å². The first-order chi connectivity index (χ1) is 12.8. The van der Waals surface area contributed by atoms with Crippen LogP contribution in [0.1, 0.15) is 41.5 Å². The van der Waals surface area contributed by atoms with Crippen LogP contribution in [0.2, 0.25) is 0 Å². The lowest BCUT2D eigenvalue weighted by Gasteiger charge is -2.15. The SMILES string of the molecule is Cc1ccccc1NC(=O)Cn1c(C(C)C)nc2scc(C(=O)O)c2c1=O. The molecule has 140 valence electrons. The summed E-state index contributed by atoms with van der Waals surface area (Å²) in [7, 11) is 0. The maximum absolute atomic E-state index is 13.0. The third-order valence-electron chi connectivity index (χ3n) is 4.19. The van der Waals surface area contributed by atoms with Crippen LogP contribution < -0.4 is 10.9 Å². The van der Waals surface area contributed by atoms with E-state index in [9.17, 15) is 19.5 Å². The Balaban J connectivity index is 2.05. The van der Waals surface area contributed by atoms with Gasteiger partial charge in [0.05, 0.1) is 10.9 Å². The number of nitrogens with zero attached hydrogens (tertiary/aromatic N) is 2. The molecule has 0 spiro atoms. The van der Waals surface area contributed by atoms with E-state index < -0.39 is 11.5 Å². The topological polar surface area (TPSA) is 101 Å². The number of aryl methyl sites for hydroxylation is 1. The minimum atomic E-state index is -1.19. The summed E-state index contributed by atoms with van der Waals surface area (Å²) in [6.45, 7) is 5.38. The highest BCUT2D eigenvalue weighted by Crippen LogP contribution is 2.24. The number of anilines is 1. The number of fused-ring (bicyclic) bond motifs is 1. The van der Waals surface area contributed by atoms with E-state index in [1.165, 1.54) is 9.95 Å². The molecule has 2 aromatic heterocycles. The second-order valence-corrected chi connectivity index (χ2v) is 7.37. The van der Waals surface area contributed by atoms with Crippen molar-refractivity contribution in [3.63, 3.8) is 0 Å². The third-order valence-corrected chi connectivity index (χ3v) is 5.06. The fourth-order valence-corrected chi connectivity index (χ4v) is 3.75. The summed E-state index contributed by atoms with van der Waals surface area (Å²) in [5.41, 5.74) is 0.970. The Labute approximate surface area is 159 Å². The molecule has 0 aliphatic rings. The molecule has 3 aromatic rings. The molecule has 7 nitrogen and oxygen atoms in total. The van der Waals surface area contributed by atoms with Crippen LogP contribution in [-0.2, 0) is 11.3 Å². The molecule has 2 heterocycles. The first-order valence-corrected chi connectivity index (χ1v) is 9.28. The maximum atomic E-state index is 13.0. The second kappa shape index (κ2) is 7.32. The number of benzene rings is 1. The van der Waals surface area contributed by atoms with Gasteiger partial charge in [0.2, 0.25) is 5.91 Å². The van der Waals surface area contributed by atoms with Gasteiger partial charge in [0.15, 0.2) is 0 Å². The molecule has 0 aliphatic heterocycles. The number of hydrogen-bond acceptors (Lipinski definition) is 5. The minimum absolute atomic E-state index is 0.0422. The second-order valence-electron chi connectivity index (χ2n) is 6.51. The van der Waals surface area contributed by atoms with Gasteiger partial charge in [-0.25, -0.2) is 9.78 Å². The van der Waals surface area contributed by atoms with E-state index in [0.717, 1.165) is 16.9 Å². The third kappa shape index (κ3) is 3.61. The number of carbonyl (C=O) groups is 2. The fourth-order valence-electron chi connectivity index (χ4n) is 2.84. The molecule has 0 fully saturated rings. The highest BCUT2D eigenvalue weighted by atomic mass is 32.1. The molecule has 0 saturated heterocycles. The van der Waals surface area contributed by atoms with Gasteiger partial charge in [-0.1, -0.05) is 32.0 Å². The monoisotopic (exact) mass is 385 g/mol. The summed E-state index contributed by atoms with van der Waals surface area (Å²) in [5, 5.41) is 13.6. The van der Waals surface area contributed by atoms with Crippen molar-refractivity contribution in [1.29, 1.82) is 0 Å². The molecular weight excluding hydrogens is 366 g/mol. The number of thiophene rings is 1. The first-order valence-electron chi connectivity index (χ1n) is 8.40. The van der Waals surface area contributed by atoms with Crippen molar-refractivity contribution in [3.8, 4) is 0 Å². The maximum Gasteiger partial charge on any atom is 0.337 e. The minimum Gasteiger partial charge on any atom is -0.478 e. The highest BCUT2D eigenvalue weighted by Gasteiger charge is 2.22. The van der Waals surface area contributed by atoms with E-state index in [2.05, 4.69) is 10.3 Å². The van der Waals surface area contributed by atoms with Crippen LogP contribution >= 0.6 is 11.3 Å². The number of amides is 1. The van der Waals surface area contributed by atoms with E-state index in [-0.39, 0.29) is 29.3 Å². The summed E-state index contributed by atoms with van der Waals surface area (Å²) in [6.07, 6.45) is 0. The van der Waals surface area contributed by atoms with Crippen LogP contribution in [0.15, 0.2) is 34.4 Å². The number of aromatic carboxylic acids is 1. The summed E-state index contributed by atoms with van der Waals surface area (Å²) in [4.78, 5) is 41.8. The molecule has 1 aromatic carbocycles. The summed E-state index contributed by atoms with van der Waals surface area (Å²) in [6, 6.07) is 7.34. The molecular formula is C19H19N3O4S. The van der Waals surface area contributed by atoms with E-state index in [1.807, 2.05) is 39.0 Å². The van der Waals surface area contributed by atoms with Crippen molar-refractivity contribution in [2.75, 3.05) is 5.32 Å². The average Bonchev–Trinajstić information content (AvgIpc) is 3.03. The lowest BCUT2D eigenvalue weighted by Crippen LogP contribution is -2.32. The number of nitrogens with one attached hydrogen (secondary N) is 1. The van der Waals surface area contributed by atoms with Crippen molar-refractivity contribution in [3.05, 3.63) is 57.0 Å². The molecule has 2 N–H and O–H groups in total. The van der Waals surface area contributed by atoms with Crippen LogP contribution in [0.4, 0.5) is 5.69 Å². The molecule has 0 atom stereocenters. The Hall–Kier alpha value is -3.00. The number of carboxylic acid groups (broad SMARTS) is 1. The van der Waals surface area contributed by atoms with Crippen molar-refractivity contribution in [2.24, 2.45) is 0 Å². The van der Waals surface area contributed by atoms with E-state index >= 15 is 0 Å². The lowest BCUT2D eigenvalue weighted by atomic mass is 10.1. The van der Waals surface area contributed by atoms with Crippen LogP contribution in [0.25, 0.3) is 10.2 Å². The van der Waals surface area contributed by atoms with E-state index in [0.29, 0.717) is 16.3 Å². The zero-order valence-electron chi connectivity index (χ0n) is 15.1. The predicted molar refractivity (Wildman–Crippen MR) is 105 cm³/mol. The van der Waals surface area contributed by atoms with Gasteiger partial charge >= 0.3 is 5.97 Å². The summed E-state index contributed by atoms with van der Waals surface area (Å²) >= 11 is 1.11. The summed E-state index contributed by atoms with van der Waals surface area (Å²) < 4.78 is 1.26. The number of aromatic nitrogens is 2. The van der Waals surface area contributed by atoms with Crippen molar-refractivity contribution < 1.29 is 14.7 Å². The van der Waals surface area contributed by atoms with Gasteiger partial charge in [-0.15, -0.1) is 11.3 Å². The molecule has 0 aliphatic carbocycles. The molecule has 0 saturated carbocycles. The Bertz CT molecular complexity index is 1100. The van der Waals surface area contributed by atoms with Crippen molar-refractivity contribution in [2.45, 2.75) is 33.2 Å². The smallest absolute Gasteiger partial charge is 0.337 e. The van der Waals surface area contributed by atoms with Crippen LogP contribution in [0.3, 0.4) is 0 Å². The molecule has 1 amide bonds. The van der Waals surface area contributed by atoms with Gasteiger partial charge in [-0.05, 0) is 18.6 Å². The zero-order valence-corrected chi connectivity index (χ0v) is 16.0. The standard InChI is InChI=1S/C19H19N3O4S/c1-10(2)16-21-17-15(12(9-27-17)19(25)26)18(24)22(16)8-14(23)20-13-7-5-4-6-11(13)3/h4-7,9-10H,8H2,1-3H3,(H,20,23)(H,25,26). The van der Waals surface area contributed by atoms with Gasteiger partial charge in [0, 0.05) is 17.0 Å². The van der Waals surface area contributed by atoms with Crippen LogP contribution in [-0.4, -0.2) is 26.5 Å². The molecule has 0 bridgehead atoms. The summed E-state index contributed by atoms with van der Waals surface area (Å²) in [5.74, 6) is -1.22. The molecule has 0 radical (unpaired) electrons. The number of carboxylic acids is 1.